The average Bonchev–Trinajstić information content (AvgIpc) is 3.37. The van der Waals surface area contributed by atoms with Crippen LogP contribution in [-0.4, -0.2) is 43.5 Å². The molecule has 1 unspecified atom stereocenters. The molecule has 196 valence electrons. The third-order valence-corrected chi connectivity index (χ3v) is 7.82. The third kappa shape index (κ3) is 5.56. The Hall–Kier alpha value is -4.04. The molecule has 2 aromatic carbocycles. The van der Waals surface area contributed by atoms with E-state index in [4.69, 9.17) is 4.98 Å². The number of pyridine rings is 1. The van der Waals surface area contributed by atoms with Gasteiger partial charge in [0, 0.05) is 49.6 Å². The Labute approximate surface area is 236 Å². The maximum Gasteiger partial charge on any atom is 0.254 e. The number of carbonyl (C=O) groups is 1. The SMILES string of the molecule is O=C(c1ccccc1Cc1ccccc1)N1CCCC(c2cc(NCc3cccnc3)n3ncc(Br)c3n2)C1. The van der Waals surface area contributed by atoms with Crippen LogP contribution in [0.3, 0.4) is 0 Å². The topological polar surface area (TPSA) is 75.4 Å². The molecule has 1 fully saturated rings. The van der Waals surface area contributed by atoms with Crippen LogP contribution in [0.5, 0.6) is 0 Å². The first-order chi connectivity index (χ1) is 19.2. The molecule has 8 heteroatoms. The van der Waals surface area contributed by atoms with Crippen LogP contribution in [-0.2, 0) is 13.0 Å². The van der Waals surface area contributed by atoms with Crippen molar-refractivity contribution in [1.29, 1.82) is 0 Å². The molecule has 1 aliphatic heterocycles. The van der Waals surface area contributed by atoms with Crippen molar-refractivity contribution in [2.24, 2.45) is 0 Å². The minimum absolute atomic E-state index is 0.0905. The van der Waals surface area contributed by atoms with E-state index in [2.05, 4.69) is 55.6 Å². The van der Waals surface area contributed by atoms with Crippen molar-refractivity contribution in [1.82, 2.24) is 24.5 Å². The van der Waals surface area contributed by atoms with Crippen molar-refractivity contribution >= 4 is 33.3 Å². The monoisotopic (exact) mass is 580 g/mol. The Morgan fingerprint density at radius 1 is 1.00 bits per heavy atom. The van der Waals surface area contributed by atoms with Crippen LogP contribution in [0.25, 0.3) is 5.65 Å². The lowest BCUT2D eigenvalue weighted by atomic mass is 9.93. The van der Waals surface area contributed by atoms with Crippen LogP contribution < -0.4 is 5.32 Å². The first-order valence-corrected chi connectivity index (χ1v) is 14.0. The smallest absolute Gasteiger partial charge is 0.254 e. The molecular weight excluding hydrogens is 552 g/mol. The van der Waals surface area contributed by atoms with Crippen molar-refractivity contribution < 1.29 is 4.79 Å². The Morgan fingerprint density at radius 3 is 2.67 bits per heavy atom. The maximum absolute atomic E-state index is 13.8. The summed E-state index contributed by atoms with van der Waals surface area (Å²) in [5.41, 5.74) is 5.84. The van der Waals surface area contributed by atoms with E-state index in [9.17, 15) is 4.79 Å². The molecule has 39 heavy (non-hydrogen) atoms. The van der Waals surface area contributed by atoms with Gasteiger partial charge in [0.15, 0.2) is 5.65 Å². The zero-order valence-corrected chi connectivity index (χ0v) is 23.1. The maximum atomic E-state index is 13.8. The zero-order chi connectivity index (χ0) is 26.6. The summed E-state index contributed by atoms with van der Waals surface area (Å²) in [7, 11) is 0. The molecule has 6 rings (SSSR count). The van der Waals surface area contributed by atoms with Crippen LogP contribution in [0.15, 0.2) is 95.9 Å². The number of benzene rings is 2. The molecular formula is C31H29BrN6O. The number of likely N-dealkylation sites (tertiary alicyclic amines) is 1. The standard InChI is InChI=1S/C31H29BrN6O/c32-27-20-35-38-29(34-19-23-10-6-14-33-18-23)17-28(36-30(27)38)25-12-7-15-37(21-25)31(39)26-13-5-4-11-24(26)16-22-8-2-1-3-9-22/h1-6,8-11,13-14,17-18,20,25,34H,7,12,15-16,19,21H2. The molecule has 0 radical (unpaired) electrons. The second kappa shape index (κ2) is 11.4. The van der Waals surface area contributed by atoms with Gasteiger partial charge < -0.3 is 10.2 Å². The number of nitrogens with one attached hydrogen (secondary N) is 1. The summed E-state index contributed by atoms with van der Waals surface area (Å²) in [5.74, 6) is 1.09. The summed E-state index contributed by atoms with van der Waals surface area (Å²) in [6, 6.07) is 24.3. The van der Waals surface area contributed by atoms with E-state index in [0.29, 0.717) is 13.1 Å². The second-order valence-corrected chi connectivity index (χ2v) is 10.8. The van der Waals surface area contributed by atoms with Gasteiger partial charge in [-0.3, -0.25) is 9.78 Å². The lowest BCUT2D eigenvalue weighted by Crippen LogP contribution is -2.39. The fourth-order valence-electron chi connectivity index (χ4n) is 5.26. The van der Waals surface area contributed by atoms with Crippen LogP contribution >= 0.6 is 15.9 Å². The highest BCUT2D eigenvalue weighted by atomic mass is 79.9. The fraction of sp³-hybridized carbons (Fsp3) is 0.226. The summed E-state index contributed by atoms with van der Waals surface area (Å²) in [5, 5.41) is 8.01. The fourth-order valence-corrected chi connectivity index (χ4v) is 5.61. The number of halogens is 1. The van der Waals surface area contributed by atoms with Crippen LogP contribution in [0, 0.1) is 0 Å². The second-order valence-electron chi connectivity index (χ2n) is 9.92. The molecule has 7 nitrogen and oxygen atoms in total. The third-order valence-electron chi connectivity index (χ3n) is 7.26. The van der Waals surface area contributed by atoms with Gasteiger partial charge >= 0.3 is 0 Å². The molecule has 1 amide bonds. The number of anilines is 1. The van der Waals surface area contributed by atoms with Crippen molar-refractivity contribution in [2.45, 2.75) is 31.7 Å². The minimum atomic E-state index is 0.0905. The largest absolute Gasteiger partial charge is 0.366 e. The predicted octanol–water partition coefficient (Wildman–Crippen LogP) is 6.11. The van der Waals surface area contributed by atoms with Crippen molar-refractivity contribution in [3.8, 4) is 0 Å². The molecule has 5 aromatic rings. The van der Waals surface area contributed by atoms with Crippen molar-refractivity contribution in [3.05, 3.63) is 124 Å². The number of fused-ring (bicyclic) bond motifs is 1. The number of carbonyl (C=O) groups excluding carboxylic acids is 1. The first kappa shape index (κ1) is 25.2. The summed E-state index contributed by atoms with van der Waals surface area (Å²) in [6.07, 6.45) is 8.04. The van der Waals surface area contributed by atoms with Crippen LogP contribution in [0.2, 0.25) is 0 Å². The molecule has 1 saturated heterocycles. The first-order valence-electron chi connectivity index (χ1n) is 13.2. The number of piperidine rings is 1. The lowest BCUT2D eigenvalue weighted by molar-refractivity contribution is 0.0705. The Morgan fingerprint density at radius 2 is 1.82 bits per heavy atom. The number of aromatic nitrogens is 4. The summed E-state index contributed by atoms with van der Waals surface area (Å²) >= 11 is 3.61. The number of nitrogens with zero attached hydrogens (tertiary/aromatic N) is 5. The van der Waals surface area contributed by atoms with E-state index in [1.54, 1.807) is 12.4 Å². The average molecular weight is 582 g/mol. The van der Waals surface area contributed by atoms with Crippen LogP contribution in [0.4, 0.5) is 5.82 Å². The van der Waals surface area contributed by atoms with Crippen LogP contribution in [0.1, 0.15) is 51.5 Å². The molecule has 1 aliphatic rings. The highest BCUT2D eigenvalue weighted by Gasteiger charge is 2.28. The molecule has 1 N–H and O–H groups in total. The van der Waals surface area contributed by atoms with Gasteiger partial charge in [0.1, 0.15) is 5.82 Å². The van der Waals surface area contributed by atoms with Gasteiger partial charge in [-0.05, 0) is 64.0 Å². The number of hydrogen-bond donors (Lipinski definition) is 1. The normalized spacial score (nSPS) is 15.4. The van der Waals surface area contributed by atoms with E-state index in [1.165, 1.54) is 5.56 Å². The van der Waals surface area contributed by atoms with E-state index in [-0.39, 0.29) is 11.8 Å². The van der Waals surface area contributed by atoms with Crippen molar-refractivity contribution in [2.75, 3.05) is 18.4 Å². The molecule has 0 bridgehead atoms. The molecule has 3 aromatic heterocycles. The van der Waals surface area contributed by atoms with E-state index in [1.807, 2.05) is 64.1 Å². The Balaban J connectivity index is 1.25. The van der Waals surface area contributed by atoms with Gasteiger partial charge in [0.05, 0.1) is 16.4 Å². The zero-order valence-electron chi connectivity index (χ0n) is 21.5. The molecule has 0 saturated carbocycles. The van der Waals surface area contributed by atoms with Crippen molar-refractivity contribution in [3.63, 3.8) is 0 Å². The van der Waals surface area contributed by atoms with Gasteiger partial charge in [0.25, 0.3) is 5.91 Å². The van der Waals surface area contributed by atoms with E-state index >= 15 is 0 Å². The Bertz CT molecular complexity index is 1590. The highest BCUT2D eigenvalue weighted by Crippen LogP contribution is 2.31. The number of rotatable bonds is 7. The summed E-state index contributed by atoms with van der Waals surface area (Å²) < 4.78 is 2.66. The quantitative estimate of drug-likeness (QED) is 0.251. The van der Waals surface area contributed by atoms with Gasteiger partial charge in [-0.25, -0.2) is 4.98 Å². The predicted molar refractivity (Wildman–Crippen MR) is 156 cm³/mol. The summed E-state index contributed by atoms with van der Waals surface area (Å²) in [6.45, 7) is 2.01. The van der Waals surface area contributed by atoms with E-state index in [0.717, 1.165) is 64.1 Å². The number of amides is 1. The Kier molecular flexibility index (Phi) is 7.36. The van der Waals surface area contributed by atoms with E-state index < -0.39 is 0 Å². The van der Waals surface area contributed by atoms with Gasteiger partial charge in [-0.1, -0.05) is 54.6 Å². The summed E-state index contributed by atoms with van der Waals surface area (Å²) in [4.78, 5) is 25.0. The molecule has 4 heterocycles. The highest BCUT2D eigenvalue weighted by molar-refractivity contribution is 9.10. The molecule has 0 spiro atoms. The molecule has 1 atom stereocenters. The van der Waals surface area contributed by atoms with Gasteiger partial charge in [-0.15, -0.1) is 0 Å². The van der Waals surface area contributed by atoms with Gasteiger partial charge in [0.2, 0.25) is 0 Å². The number of hydrogen-bond acceptors (Lipinski definition) is 5. The lowest BCUT2D eigenvalue weighted by Gasteiger charge is -2.33. The molecule has 0 aliphatic carbocycles. The minimum Gasteiger partial charge on any atom is -0.366 e. The van der Waals surface area contributed by atoms with Gasteiger partial charge in [-0.2, -0.15) is 9.61 Å².